The highest BCUT2D eigenvalue weighted by Gasteiger charge is 2.53. The molecule has 4 atom stereocenters. The van der Waals surface area contributed by atoms with Crippen LogP contribution in [0.5, 0.6) is 0 Å². The van der Waals surface area contributed by atoms with Crippen molar-refractivity contribution < 1.29 is 40.0 Å². The summed E-state index contributed by atoms with van der Waals surface area (Å²) < 4.78 is 78.7. The number of alkyl halides is 3. The fourth-order valence-electron chi connectivity index (χ4n) is 2.15. The maximum atomic E-state index is 12.2. The van der Waals surface area contributed by atoms with Gasteiger partial charge in [-0.1, -0.05) is 0 Å². The number of fused-ring (bicyclic) bond motifs is 1. The summed E-state index contributed by atoms with van der Waals surface area (Å²) >= 11 is 0. The van der Waals surface area contributed by atoms with Crippen LogP contribution in [0.1, 0.15) is 27.2 Å². The minimum absolute atomic E-state index is 0.197. The SMILES string of the molecule is C[C@@H](OS(=O)(=O)C(F)(F)F)[C@@H]1C[C@H]2OC(C)(C)O[C@H]2O1. The molecule has 2 aliphatic rings. The molecule has 20 heavy (non-hydrogen) atoms. The van der Waals surface area contributed by atoms with Gasteiger partial charge in [-0.25, -0.2) is 0 Å². The topological polar surface area (TPSA) is 71.1 Å². The molecule has 0 N–H and O–H groups in total. The third-order valence-corrected chi connectivity index (χ3v) is 4.12. The molecule has 0 aliphatic carbocycles. The Labute approximate surface area is 114 Å². The second-order valence-electron chi connectivity index (χ2n) is 5.15. The Morgan fingerprint density at radius 1 is 1.30 bits per heavy atom. The van der Waals surface area contributed by atoms with Crippen LogP contribution in [-0.4, -0.2) is 44.3 Å². The lowest BCUT2D eigenvalue weighted by Crippen LogP contribution is -2.36. The minimum Gasteiger partial charge on any atom is -0.344 e. The first-order valence-electron chi connectivity index (χ1n) is 5.92. The highest BCUT2D eigenvalue weighted by atomic mass is 32.2. The molecule has 6 nitrogen and oxygen atoms in total. The van der Waals surface area contributed by atoms with E-state index in [2.05, 4.69) is 4.18 Å². The van der Waals surface area contributed by atoms with Crippen molar-refractivity contribution >= 4 is 10.1 Å². The van der Waals surface area contributed by atoms with Crippen LogP contribution in [-0.2, 0) is 28.5 Å². The number of rotatable bonds is 3. The largest absolute Gasteiger partial charge is 0.523 e. The second-order valence-corrected chi connectivity index (χ2v) is 6.72. The quantitative estimate of drug-likeness (QED) is 0.580. The monoisotopic (exact) mass is 320 g/mol. The normalized spacial score (nSPS) is 35.0. The van der Waals surface area contributed by atoms with Crippen molar-refractivity contribution in [2.75, 3.05) is 0 Å². The zero-order chi connectivity index (χ0) is 15.3. The van der Waals surface area contributed by atoms with Crippen LogP contribution in [0.2, 0.25) is 0 Å². The lowest BCUT2D eigenvalue weighted by Gasteiger charge is -2.23. The Bertz CT molecular complexity index is 458. The molecule has 2 fully saturated rings. The Morgan fingerprint density at radius 3 is 2.40 bits per heavy atom. The van der Waals surface area contributed by atoms with Gasteiger partial charge in [-0.2, -0.15) is 21.6 Å². The third kappa shape index (κ3) is 3.08. The summed E-state index contributed by atoms with van der Waals surface area (Å²) in [6.07, 6.45) is -3.12. The summed E-state index contributed by atoms with van der Waals surface area (Å²) in [6.45, 7) is 4.55. The van der Waals surface area contributed by atoms with Gasteiger partial charge < -0.3 is 14.2 Å². The summed E-state index contributed by atoms with van der Waals surface area (Å²) in [7, 11) is -5.64. The van der Waals surface area contributed by atoms with E-state index in [0.717, 1.165) is 0 Å². The molecule has 0 aromatic rings. The molecule has 0 aromatic carbocycles. The predicted octanol–water partition coefficient (Wildman–Crippen LogP) is 1.51. The molecule has 0 radical (unpaired) electrons. The molecule has 0 spiro atoms. The number of hydrogen-bond donors (Lipinski definition) is 0. The van der Waals surface area contributed by atoms with Crippen LogP contribution in [0.25, 0.3) is 0 Å². The Kier molecular flexibility index (Phi) is 3.83. The van der Waals surface area contributed by atoms with E-state index in [9.17, 15) is 21.6 Å². The maximum Gasteiger partial charge on any atom is 0.523 e. The van der Waals surface area contributed by atoms with Crippen molar-refractivity contribution in [2.24, 2.45) is 0 Å². The first-order chi connectivity index (χ1) is 8.91. The van der Waals surface area contributed by atoms with Gasteiger partial charge in [0.25, 0.3) is 0 Å². The number of hydrogen-bond acceptors (Lipinski definition) is 6. The van der Waals surface area contributed by atoms with Gasteiger partial charge in [-0.05, 0) is 20.8 Å². The first-order valence-corrected chi connectivity index (χ1v) is 7.33. The van der Waals surface area contributed by atoms with E-state index in [4.69, 9.17) is 14.2 Å². The summed E-state index contributed by atoms with van der Waals surface area (Å²) in [4.78, 5) is 0. The number of halogens is 3. The Morgan fingerprint density at radius 2 is 1.90 bits per heavy atom. The molecule has 118 valence electrons. The molecule has 0 unspecified atom stereocenters. The average Bonchev–Trinajstić information content (AvgIpc) is 2.68. The molecule has 0 amide bonds. The molecule has 0 bridgehead atoms. The predicted molar refractivity (Wildman–Crippen MR) is 58.8 cm³/mol. The molecular weight excluding hydrogens is 305 g/mol. The molecule has 2 saturated heterocycles. The summed E-state index contributed by atoms with van der Waals surface area (Å²) in [6, 6.07) is 0. The average molecular weight is 320 g/mol. The highest BCUT2D eigenvalue weighted by Crippen LogP contribution is 2.39. The van der Waals surface area contributed by atoms with Crippen molar-refractivity contribution in [1.82, 2.24) is 0 Å². The van der Waals surface area contributed by atoms with E-state index in [1.165, 1.54) is 6.92 Å². The zero-order valence-corrected chi connectivity index (χ0v) is 11.8. The second kappa shape index (κ2) is 4.80. The van der Waals surface area contributed by atoms with Crippen molar-refractivity contribution in [2.45, 2.75) is 63.1 Å². The van der Waals surface area contributed by atoms with E-state index in [1.54, 1.807) is 13.8 Å². The van der Waals surface area contributed by atoms with E-state index >= 15 is 0 Å². The van der Waals surface area contributed by atoms with Gasteiger partial charge >= 0.3 is 15.6 Å². The fourth-order valence-corrected chi connectivity index (χ4v) is 2.79. The van der Waals surface area contributed by atoms with Crippen LogP contribution < -0.4 is 0 Å². The van der Waals surface area contributed by atoms with E-state index in [0.29, 0.717) is 0 Å². The molecular formula is C10H15F3O6S. The van der Waals surface area contributed by atoms with Gasteiger partial charge in [0.2, 0.25) is 0 Å². The molecule has 0 aromatic heterocycles. The van der Waals surface area contributed by atoms with E-state index < -0.39 is 46.0 Å². The molecule has 2 rings (SSSR count). The fraction of sp³-hybridized carbons (Fsp3) is 1.00. The van der Waals surface area contributed by atoms with Gasteiger partial charge in [0, 0.05) is 6.42 Å². The molecule has 2 heterocycles. The Hall–Kier alpha value is -0.420. The summed E-state index contributed by atoms with van der Waals surface area (Å²) in [5.41, 5.74) is -5.45. The van der Waals surface area contributed by atoms with E-state index in [1.807, 2.05) is 0 Å². The molecule has 10 heteroatoms. The van der Waals surface area contributed by atoms with Crippen molar-refractivity contribution in [3.8, 4) is 0 Å². The summed E-state index contributed by atoms with van der Waals surface area (Å²) in [5, 5.41) is 0. The van der Waals surface area contributed by atoms with Gasteiger partial charge in [0.05, 0.1) is 6.10 Å². The van der Waals surface area contributed by atoms with Crippen LogP contribution in [0.4, 0.5) is 13.2 Å². The van der Waals surface area contributed by atoms with Crippen LogP contribution in [0.3, 0.4) is 0 Å². The summed E-state index contributed by atoms with van der Waals surface area (Å²) in [5.74, 6) is -0.831. The van der Waals surface area contributed by atoms with Gasteiger partial charge in [-0.3, -0.25) is 4.18 Å². The van der Waals surface area contributed by atoms with Crippen LogP contribution in [0, 0.1) is 0 Å². The molecule has 0 saturated carbocycles. The lowest BCUT2D eigenvalue weighted by atomic mass is 10.1. The van der Waals surface area contributed by atoms with Crippen molar-refractivity contribution in [3.63, 3.8) is 0 Å². The highest BCUT2D eigenvalue weighted by molar-refractivity contribution is 7.87. The van der Waals surface area contributed by atoms with Crippen LogP contribution >= 0.6 is 0 Å². The zero-order valence-electron chi connectivity index (χ0n) is 11.0. The standard InChI is InChI=1S/C10H15F3O6S/c1-5(19-20(14,15)10(11,12)13)6-4-7-8(16-6)18-9(2,3)17-7/h5-8H,4H2,1-3H3/t5-,6+,7-,8-/m1/s1. The van der Waals surface area contributed by atoms with Crippen LogP contribution in [0.15, 0.2) is 0 Å². The Balaban J connectivity index is 1.96. The smallest absolute Gasteiger partial charge is 0.344 e. The first kappa shape index (κ1) is 16.0. The third-order valence-electron chi connectivity index (χ3n) is 3.00. The lowest BCUT2D eigenvalue weighted by molar-refractivity contribution is -0.211. The van der Waals surface area contributed by atoms with E-state index in [-0.39, 0.29) is 6.42 Å². The van der Waals surface area contributed by atoms with Gasteiger partial charge in [0.15, 0.2) is 12.1 Å². The maximum absolute atomic E-state index is 12.2. The molecule has 2 aliphatic heterocycles. The van der Waals surface area contributed by atoms with Gasteiger partial charge in [-0.15, -0.1) is 0 Å². The van der Waals surface area contributed by atoms with Gasteiger partial charge in [0.1, 0.15) is 12.2 Å². The van der Waals surface area contributed by atoms with Crippen molar-refractivity contribution in [3.05, 3.63) is 0 Å². The minimum atomic E-state index is -5.64. The van der Waals surface area contributed by atoms with Crippen molar-refractivity contribution in [1.29, 1.82) is 0 Å². The number of ether oxygens (including phenoxy) is 3.